The summed E-state index contributed by atoms with van der Waals surface area (Å²) in [5.41, 5.74) is 5.23. The lowest BCUT2D eigenvalue weighted by molar-refractivity contribution is -0.139. The van der Waals surface area contributed by atoms with Crippen LogP contribution in [0.3, 0.4) is 0 Å². The molecule has 2 amide bonds. The van der Waals surface area contributed by atoms with Crippen molar-refractivity contribution in [2.24, 2.45) is 5.73 Å². The van der Waals surface area contributed by atoms with E-state index in [1.807, 2.05) is 0 Å². The van der Waals surface area contributed by atoms with E-state index in [0.29, 0.717) is 10.6 Å². The van der Waals surface area contributed by atoms with E-state index < -0.39 is 18.0 Å². The third kappa shape index (κ3) is 3.14. The number of aliphatic carboxylic acids is 1. The molecule has 4 N–H and O–H groups in total. The molecule has 0 saturated carbocycles. The lowest BCUT2D eigenvalue weighted by Gasteiger charge is -2.13. The summed E-state index contributed by atoms with van der Waals surface area (Å²) in [6.45, 7) is 0. The molecule has 0 radical (unpaired) electrons. The highest BCUT2D eigenvalue weighted by Gasteiger charge is 2.20. The average Bonchev–Trinajstić information content (AvgIpc) is 2.13. The van der Waals surface area contributed by atoms with Gasteiger partial charge < -0.3 is 16.2 Å². The number of carbonyl (C=O) groups is 2. The summed E-state index contributed by atoms with van der Waals surface area (Å²) in [6, 6.07) is 4.12. The Balaban J connectivity index is 2.98. The van der Waals surface area contributed by atoms with Crippen molar-refractivity contribution in [3.8, 4) is 0 Å². The molecule has 0 aliphatic carbocycles. The number of nitrogens with one attached hydrogen (secondary N) is 1. The molecule has 0 aliphatic heterocycles. The van der Waals surface area contributed by atoms with Crippen molar-refractivity contribution in [3.05, 3.63) is 34.9 Å². The van der Waals surface area contributed by atoms with Crippen LogP contribution in [0.1, 0.15) is 11.6 Å². The highest BCUT2D eigenvalue weighted by atomic mass is 35.5. The standard InChI is InChI=1S/C9H9ClN2O3/c10-6-3-1-2-5(4-6)7(8(13)14)12-9(11)15/h1-4,7H,(H,13,14)(H3,11,12,15)/t7-/m1/s1. The first kappa shape index (κ1) is 11.3. The lowest BCUT2D eigenvalue weighted by Crippen LogP contribution is -2.37. The Hall–Kier alpha value is -1.75. The number of hydrogen-bond donors (Lipinski definition) is 3. The number of primary amides is 1. The van der Waals surface area contributed by atoms with E-state index in [2.05, 4.69) is 5.32 Å². The molecular weight excluding hydrogens is 220 g/mol. The van der Waals surface area contributed by atoms with Gasteiger partial charge in [-0.05, 0) is 17.7 Å². The summed E-state index contributed by atoms with van der Waals surface area (Å²) >= 11 is 5.69. The van der Waals surface area contributed by atoms with Gasteiger partial charge in [0.2, 0.25) is 0 Å². The molecule has 6 heteroatoms. The van der Waals surface area contributed by atoms with Gasteiger partial charge in [-0.15, -0.1) is 0 Å². The van der Waals surface area contributed by atoms with Crippen molar-refractivity contribution in [2.75, 3.05) is 0 Å². The third-order valence-corrected chi connectivity index (χ3v) is 1.95. The van der Waals surface area contributed by atoms with Gasteiger partial charge in [0.1, 0.15) is 0 Å². The number of rotatable bonds is 3. The Kier molecular flexibility index (Phi) is 3.51. The number of carboxylic acids is 1. The van der Waals surface area contributed by atoms with Crippen molar-refractivity contribution in [1.82, 2.24) is 5.32 Å². The lowest BCUT2D eigenvalue weighted by atomic mass is 10.1. The zero-order valence-corrected chi connectivity index (χ0v) is 8.36. The molecule has 0 heterocycles. The minimum Gasteiger partial charge on any atom is -0.479 e. The number of amides is 2. The predicted molar refractivity (Wildman–Crippen MR) is 54.5 cm³/mol. The number of halogens is 1. The van der Waals surface area contributed by atoms with Crippen LogP contribution in [-0.4, -0.2) is 17.1 Å². The van der Waals surface area contributed by atoms with Crippen LogP contribution in [0.15, 0.2) is 24.3 Å². The Bertz CT molecular complexity index is 395. The second kappa shape index (κ2) is 4.65. The maximum Gasteiger partial charge on any atom is 0.330 e. The molecule has 1 atom stereocenters. The van der Waals surface area contributed by atoms with E-state index in [-0.39, 0.29) is 0 Å². The Labute approximate surface area is 90.8 Å². The van der Waals surface area contributed by atoms with Crippen LogP contribution >= 0.6 is 11.6 Å². The smallest absolute Gasteiger partial charge is 0.330 e. The predicted octanol–water partition coefficient (Wildman–Crippen LogP) is 1.13. The van der Waals surface area contributed by atoms with Crippen LogP contribution in [0.25, 0.3) is 0 Å². The number of urea groups is 1. The van der Waals surface area contributed by atoms with Gasteiger partial charge in [-0.25, -0.2) is 9.59 Å². The molecule has 0 unspecified atom stereocenters. The second-order valence-electron chi connectivity index (χ2n) is 2.83. The van der Waals surface area contributed by atoms with Crippen molar-refractivity contribution in [3.63, 3.8) is 0 Å². The maximum absolute atomic E-state index is 10.8. The summed E-state index contributed by atoms with van der Waals surface area (Å²) in [6.07, 6.45) is 0. The van der Waals surface area contributed by atoms with Crippen LogP contribution in [0.2, 0.25) is 5.02 Å². The zero-order chi connectivity index (χ0) is 11.4. The summed E-state index contributed by atoms with van der Waals surface area (Å²) in [5, 5.41) is 11.4. The monoisotopic (exact) mass is 228 g/mol. The molecule has 0 spiro atoms. The minimum atomic E-state index is -1.20. The topological polar surface area (TPSA) is 92.4 Å². The van der Waals surface area contributed by atoms with Gasteiger partial charge in [-0.2, -0.15) is 0 Å². The van der Waals surface area contributed by atoms with E-state index in [1.54, 1.807) is 18.2 Å². The fourth-order valence-corrected chi connectivity index (χ4v) is 1.31. The molecule has 1 aromatic rings. The number of nitrogens with two attached hydrogens (primary N) is 1. The minimum absolute atomic E-state index is 0.369. The third-order valence-electron chi connectivity index (χ3n) is 1.72. The SMILES string of the molecule is NC(=O)N[C@@H](C(=O)O)c1cccc(Cl)c1. The number of carboxylic acid groups (broad SMARTS) is 1. The average molecular weight is 229 g/mol. The fourth-order valence-electron chi connectivity index (χ4n) is 1.12. The number of benzene rings is 1. The van der Waals surface area contributed by atoms with Crippen molar-refractivity contribution < 1.29 is 14.7 Å². The molecule has 5 nitrogen and oxygen atoms in total. The summed E-state index contributed by atoms with van der Waals surface area (Å²) in [5.74, 6) is -1.20. The van der Waals surface area contributed by atoms with E-state index in [4.69, 9.17) is 22.4 Å². The molecule has 1 rings (SSSR count). The van der Waals surface area contributed by atoms with Crippen LogP contribution < -0.4 is 11.1 Å². The molecule has 15 heavy (non-hydrogen) atoms. The quantitative estimate of drug-likeness (QED) is 0.724. The van der Waals surface area contributed by atoms with Crippen LogP contribution in [0, 0.1) is 0 Å². The Morgan fingerprint density at radius 3 is 2.60 bits per heavy atom. The maximum atomic E-state index is 10.8. The van der Waals surface area contributed by atoms with Crippen LogP contribution in [-0.2, 0) is 4.79 Å². The summed E-state index contributed by atoms with van der Waals surface area (Å²) in [4.78, 5) is 21.4. The molecule has 0 aliphatic rings. The van der Waals surface area contributed by atoms with E-state index in [1.165, 1.54) is 6.07 Å². The van der Waals surface area contributed by atoms with Gasteiger partial charge >= 0.3 is 12.0 Å². The van der Waals surface area contributed by atoms with Gasteiger partial charge in [0.25, 0.3) is 0 Å². The van der Waals surface area contributed by atoms with Crippen LogP contribution in [0.4, 0.5) is 4.79 Å². The first-order valence-corrected chi connectivity index (χ1v) is 4.42. The van der Waals surface area contributed by atoms with Gasteiger partial charge in [0, 0.05) is 5.02 Å². The van der Waals surface area contributed by atoms with Crippen LogP contribution in [0.5, 0.6) is 0 Å². The van der Waals surface area contributed by atoms with Crippen molar-refractivity contribution >= 4 is 23.6 Å². The Morgan fingerprint density at radius 1 is 1.47 bits per heavy atom. The number of hydrogen-bond acceptors (Lipinski definition) is 2. The summed E-state index contributed by atoms with van der Waals surface area (Å²) in [7, 11) is 0. The molecule has 0 fully saturated rings. The van der Waals surface area contributed by atoms with Gasteiger partial charge in [0.15, 0.2) is 6.04 Å². The van der Waals surface area contributed by atoms with E-state index in [9.17, 15) is 9.59 Å². The molecule has 80 valence electrons. The first-order chi connectivity index (χ1) is 7.00. The first-order valence-electron chi connectivity index (χ1n) is 4.05. The largest absolute Gasteiger partial charge is 0.479 e. The molecule has 1 aromatic carbocycles. The second-order valence-corrected chi connectivity index (χ2v) is 3.27. The number of carbonyl (C=O) groups excluding carboxylic acids is 1. The highest BCUT2D eigenvalue weighted by Crippen LogP contribution is 2.17. The fraction of sp³-hybridized carbons (Fsp3) is 0.111. The van der Waals surface area contributed by atoms with E-state index >= 15 is 0 Å². The molecule has 0 aromatic heterocycles. The molecular formula is C9H9ClN2O3. The normalized spacial score (nSPS) is 11.8. The molecule has 0 saturated heterocycles. The van der Waals surface area contributed by atoms with Gasteiger partial charge in [0.05, 0.1) is 0 Å². The van der Waals surface area contributed by atoms with Gasteiger partial charge in [-0.1, -0.05) is 23.7 Å². The zero-order valence-electron chi connectivity index (χ0n) is 7.61. The highest BCUT2D eigenvalue weighted by molar-refractivity contribution is 6.30. The van der Waals surface area contributed by atoms with E-state index in [0.717, 1.165) is 0 Å². The Morgan fingerprint density at radius 2 is 2.13 bits per heavy atom. The van der Waals surface area contributed by atoms with Crippen molar-refractivity contribution in [1.29, 1.82) is 0 Å². The molecule has 0 bridgehead atoms. The van der Waals surface area contributed by atoms with Gasteiger partial charge in [-0.3, -0.25) is 0 Å². The van der Waals surface area contributed by atoms with Crippen molar-refractivity contribution in [2.45, 2.75) is 6.04 Å². The summed E-state index contributed by atoms with van der Waals surface area (Å²) < 4.78 is 0.